The Kier molecular flexibility index (Phi) is 6.22. The van der Waals surface area contributed by atoms with E-state index < -0.39 is 29.8 Å². The van der Waals surface area contributed by atoms with Gasteiger partial charge < -0.3 is 10.1 Å². The predicted octanol–water partition coefficient (Wildman–Crippen LogP) is 4.61. The molecule has 0 saturated heterocycles. The number of hydrogen-bond acceptors (Lipinski definition) is 6. The largest absolute Gasteiger partial charge is 0.437 e. The molecule has 0 saturated carbocycles. The molecule has 0 aromatic carbocycles. The molecular formula is C21H14ClF3N6O2. The number of amides is 1. The van der Waals surface area contributed by atoms with Crippen molar-refractivity contribution in [3.8, 4) is 11.6 Å². The van der Waals surface area contributed by atoms with Crippen LogP contribution in [0.3, 0.4) is 0 Å². The molecule has 0 bridgehead atoms. The van der Waals surface area contributed by atoms with Crippen molar-refractivity contribution in [3.05, 3.63) is 95.4 Å². The molecule has 0 unspecified atom stereocenters. The Balaban J connectivity index is 1.64. The summed E-state index contributed by atoms with van der Waals surface area (Å²) < 4.78 is 47.0. The summed E-state index contributed by atoms with van der Waals surface area (Å²) in [5, 5.41) is 6.17. The van der Waals surface area contributed by atoms with Crippen LogP contribution in [0.2, 0.25) is 5.15 Å². The first-order valence-corrected chi connectivity index (χ1v) is 9.79. The van der Waals surface area contributed by atoms with Gasteiger partial charge in [-0.3, -0.25) is 9.97 Å². The highest BCUT2D eigenvalue weighted by molar-refractivity contribution is 6.29. The maximum Gasteiger partial charge on any atom is 0.437 e. The van der Waals surface area contributed by atoms with Crippen LogP contribution in [0, 0.1) is 0 Å². The van der Waals surface area contributed by atoms with Gasteiger partial charge in [-0.2, -0.15) is 18.3 Å². The molecule has 0 aliphatic rings. The molecule has 4 heterocycles. The van der Waals surface area contributed by atoms with Crippen LogP contribution < -0.4 is 10.1 Å². The third-order valence-electron chi connectivity index (χ3n) is 4.35. The molecule has 4 aromatic rings. The second kappa shape index (κ2) is 9.25. The van der Waals surface area contributed by atoms with Crippen molar-refractivity contribution >= 4 is 17.7 Å². The smallest absolute Gasteiger partial charge is 0.406 e. The minimum Gasteiger partial charge on any atom is -0.406 e. The normalized spacial score (nSPS) is 11.4. The van der Waals surface area contributed by atoms with Gasteiger partial charge in [-0.1, -0.05) is 29.8 Å². The van der Waals surface area contributed by atoms with E-state index in [9.17, 15) is 18.0 Å². The lowest BCUT2D eigenvalue weighted by Crippen LogP contribution is -2.33. The average Bonchev–Trinajstić information content (AvgIpc) is 3.23. The van der Waals surface area contributed by atoms with Crippen molar-refractivity contribution in [2.24, 2.45) is 0 Å². The van der Waals surface area contributed by atoms with Crippen molar-refractivity contribution in [1.82, 2.24) is 30.0 Å². The molecule has 168 valence electrons. The van der Waals surface area contributed by atoms with Crippen LogP contribution >= 0.6 is 11.6 Å². The van der Waals surface area contributed by atoms with Gasteiger partial charge in [0.15, 0.2) is 17.3 Å². The molecule has 12 heteroatoms. The van der Waals surface area contributed by atoms with Crippen LogP contribution in [0.15, 0.2) is 73.2 Å². The maximum absolute atomic E-state index is 13.8. The van der Waals surface area contributed by atoms with E-state index in [1.165, 1.54) is 30.6 Å². The number of nitrogens with zero attached hydrogens (tertiary/aromatic N) is 5. The number of alkyl halides is 3. The number of rotatable bonds is 5. The monoisotopic (exact) mass is 474 g/mol. The minimum absolute atomic E-state index is 0.0232. The van der Waals surface area contributed by atoms with Crippen molar-refractivity contribution < 1.29 is 22.7 Å². The highest BCUT2D eigenvalue weighted by Crippen LogP contribution is 2.37. The van der Waals surface area contributed by atoms with E-state index >= 15 is 0 Å². The Bertz CT molecular complexity index is 1210. The fraction of sp³-hybridized carbons (Fsp3) is 0.0952. The topological polar surface area (TPSA) is 94.8 Å². The van der Waals surface area contributed by atoms with Gasteiger partial charge >= 0.3 is 12.3 Å². The van der Waals surface area contributed by atoms with Crippen LogP contribution in [0.5, 0.6) is 5.75 Å². The van der Waals surface area contributed by atoms with Gasteiger partial charge in [0, 0.05) is 12.4 Å². The van der Waals surface area contributed by atoms with Gasteiger partial charge in [-0.05, 0) is 36.4 Å². The standard InChI is InChI=1S/C21H14ClF3N6O2/c22-16-8-5-9-17(29-16)31-19(21(23,24)25)15(12-28-31)33-20(32)30-18(13-6-1-3-10-26-13)14-7-2-4-11-27-14/h1-12,18H,(H,30,32). The highest BCUT2D eigenvalue weighted by atomic mass is 35.5. The zero-order chi connectivity index (χ0) is 23.4. The zero-order valence-corrected chi connectivity index (χ0v) is 17.3. The van der Waals surface area contributed by atoms with E-state index in [0.29, 0.717) is 16.1 Å². The number of carbonyl (C=O) groups excluding carboxylic acids is 1. The summed E-state index contributed by atoms with van der Waals surface area (Å²) in [7, 11) is 0. The Morgan fingerprint density at radius 2 is 1.67 bits per heavy atom. The Hall–Kier alpha value is -3.99. The lowest BCUT2D eigenvalue weighted by molar-refractivity contribution is -0.143. The van der Waals surface area contributed by atoms with Gasteiger partial charge in [0.2, 0.25) is 0 Å². The van der Waals surface area contributed by atoms with E-state index in [1.807, 2.05) is 0 Å². The molecular weight excluding hydrogens is 461 g/mol. The van der Waals surface area contributed by atoms with Crippen LogP contribution in [-0.4, -0.2) is 30.8 Å². The van der Waals surface area contributed by atoms with E-state index in [0.717, 1.165) is 6.20 Å². The molecule has 4 aromatic heterocycles. The van der Waals surface area contributed by atoms with Crippen molar-refractivity contribution in [3.63, 3.8) is 0 Å². The molecule has 0 radical (unpaired) electrons. The summed E-state index contributed by atoms with van der Waals surface area (Å²) in [6.45, 7) is 0. The SMILES string of the molecule is O=C(NC(c1ccccn1)c1ccccn1)Oc1cnn(-c2cccc(Cl)n2)c1C(F)(F)F. The molecule has 1 amide bonds. The molecule has 1 N–H and O–H groups in total. The van der Waals surface area contributed by atoms with E-state index in [2.05, 4.69) is 25.4 Å². The first-order valence-electron chi connectivity index (χ1n) is 9.41. The second-order valence-corrected chi connectivity index (χ2v) is 6.95. The first kappa shape index (κ1) is 22.2. The number of pyridine rings is 3. The third-order valence-corrected chi connectivity index (χ3v) is 4.56. The number of ether oxygens (including phenoxy) is 1. The molecule has 4 rings (SSSR count). The average molecular weight is 475 g/mol. The Morgan fingerprint density at radius 1 is 1.00 bits per heavy atom. The van der Waals surface area contributed by atoms with Crippen molar-refractivity contribution in [2.45, 2.75) is 12.2 Å². The zero-order valence-electron chi connectivity index (χ0n) is 16.6. The Labute approximate surface area is 190 Å². The predicted molar refractivity (Wildman–Crippen MR) is 111 cm³/mol. The summed E-state index contributed by atoms with van der Waals surface area (Å²) in [5.74, 6) is -0.993. The van der Waals surface area contributed by atoms with Crippen LogP contribution in [0.25, 0.3) is 5.82 Å². The van der Waals surface area contributed by atoms with Gasteiger partial charge in [0.05, 0.1) is 17.6 Å². The number of aromatic nitrogens is 5. The van der Waals surface area contributed by atoms with Crippen LogP contribution in [0.4, 0.5) is 18.0 Å². The lowest BCUT2D eigenvalue weighted by Gasteiger charge is -2.18. The van der Waals surface area contributed by atoms with Gasteiger partial charge in [0.1, 0.15) is 11.2 Å². The third kappa shape index (κ3) is 5.09. The molecule has 0 aliphatic heterocycles. The van der Waals surface area contributed by atoms with Crippen molar-refractivity contribution in [2.75, 3.05) is 0 Å². The minimum atomic E-state index is -4.91. The number of carbonyl (C=O) groups is 1. The number of nitrogens with one attached hydrogen (secondary N) is 1. The summed E-state index contributed by atoms with van der Waals surface area (Å²) in [6.07, 6.45) is -2.25. The molecule has 0 atom stereocenters. The van der Waals surface area contributed by atoms with Crippen LogP contribution in [0.1, 0.15) is 23.1 Å². The molecule has 0 fully saturated rings. The van der Waals surface area contributed by atoms with E-state index in [-0.39, 0.29) is 11.0 Å². The summed E-state index contributed by atoms with van der Waals surface area (Å²) >= 11 is 5.79. The van der Waals surface area contributed by atoms with Gasteiger partial charge in [0.25, 0.3) is 0 Å². The molecule has 0 spiro atoms. The number of halogens is 4. The van der Waals surface area contributed by atoms with Gasteiger partial charge in [-0.15, -0.1) is 0 Å². The summed E-state index contributed by atoms with van der Waals surface area (Å²) in [5.41, 5.74) is -0.481. The second-order valence-electron chi connectivity index (χ2n) is 6.56. The molecule has 33 heavy (non-hydrogen) atoms. The molecule has 0 aliphatic carbocycles. The quantitative estimate of drug-likeness (QED) is 0.424. The Morgan fingerprint density at radius 3 is 2.21 bits per heavy atom. The summed E-state index contributed by atoms with van der Waals surface area (Å²) in [6, 6.07) is 13.3. The van der Waals surface area contributed by atoms with Crippen LogP contribution in [-0.2, 0) is 6.18 Å². The number of hydrogen-bond donors (Lipinski definition) is 1. The highest BCUT2D eigenvalue weighted by Gasteiger charge is 2.41. The lowest BCUT2D eigenvalue weighted by atomic mass is 10.1. The van der Waals surface area contributed by atoms with E-state index in [1.54, 1.807) is 36.4 Å². The van der Waals surface area contributed by atoms with E-state index in [4.69, 9.17) is 16.3 Å². The first-order chi connectivity index (χ1) is 15.8. The molecule has 8 nitrogen and oxygen atoms in total. The fourth-order valence-electron chi connectivity index (χ4n) is 3.00. The van der Waals surface area contributed by atoms with Gasteiger partial charge in [-0.25, -0.2) is 14.5 Å². The maximum atomic E-state index is 13.8. The van der Waals surface area contributed by atoms with Crippen molar-refractivity contribution in [1.29, 1.82) is 0 Å². The fourth-order valence-corrected chi connectivity index (χ4v) is 3.16. The summed E-state index contributed by atoms with van der Waals surface area (Å²) in [4.78, 5) is 24.8.